The lowest BCUT2D eigenvalue weighted by Gasteiger charge is -2.43. The third-order valence-electron chi connectivity index (χ3n) is 2.93. The van der Waals surface area contributed by atoms with Crippen molar-refractivity contribution in [3.63, 3.8) is 0 Å². The van der Waals surface area contributed by atoms with Crippen LogP contribution in [0.3, 0.4) is 0 Å². The second-order valence-electron chi connectivity index (χ2n) is 4.20. The minimum Gasteiger partial charge on any atom is -0.757 e. The van der Waals surface area contributed by atoms with E-state index < -0.39 is 5.66 Å². The summed E-state index contributed by atoms with van der Waals surface area (Å²) in [4.78, 5) is 0. The second kappa shape index (κ2) is 2.62. The van der Waals surface area contributed by atoms with Gasteiger partial charge in [0, 0.05) is 5.70 Å². The first-order valence-corrected chi connectivity index (χ1v) is 4.73. The van der Waals surface area contributed by atoms with Crippen molar-refractivity contribution in [3.05, 3.63) is 16.6 Å². The van der Waals surface area contributed by atoms with Gasteiger partial charge < -0.3 is 10.3 Å². The maximum Gasteiger partial charge on any atom is 0.122 e. The molecule has 0 amide bonds. The fourth-order valence-electron chi connectivity index (χ4n) is 2.07. The first kappa shape index (κ1) is 8.84. The average molecular weight is 183 g/mol. The number of hydrogen-bond donors (Lipinski definition) is 1. The zero-order valence-corrected chi connectivity index (χ0v) is 8.08. The summed E-state index contributed by atoms with van der Waals surface area (Å²) in [6.07, 6.45) is 3.76. The van der Waals surface area contributed by atoms with Crippen molar-refractivity contribution in [2.45, 2.75) is 45.2 Å². The molecule has 2 aliphatic rings. The molecule has 0 radical (unpaired) electrons. The van der Waals surface area contributed by atoms with Gasteiger partial charge in [-0.05, 0) is 39.5 Å². The minimum absolute atomic E-state index is 0.777. The standard InChI is InChI=1S/C9H15N2O2/c1-9(2)10(12)7-5-3-4-6-8(7)11(9)13/h12H,3-6H2,1-2H3/q-1. The summed E-state index contributed by atoms with van der Waals surface area (Å²) in [6.45, 7) is 3.47. The van der Waals surface area contributed by atoms with Crippen LogP contribution in [0.25, 0.3) is 0 Å². The Morgan fingerprint density at radius 3 is 2.31 bits per heavy atom. The van der Waals surface area contributed by atoms with E-state index in [1.165, 1.54) is 0 Å². The van der Waals surface area contributed by atoms with Gasteiger partial charge in [-0.25, -0.2) is 5.06 Å². The Balaban J connectivity index is 2.35. The Morgan fingerprint density at radius 1 is 1.23 bits per heavy atom. The van der Waals surface area contributed by atoms with Gasteiger partial charge in [0.25, 0.3) is 0 Å². The summed E-state index contributed by atoms with van der Waals surface area (Å²) in [5, 5.41) is 23.6. The van der Waals surface area contributed by atoms with Gasteiger partial charge in [-0.15, -0.1) is 0 Å². The number of allylic oxidation sites excluding steroid dienone is 2. The molecule has 1 N–H and O–H groups in total. The van der Waals surface area contributed by atoms with Gasteiger partial charge in [0.05, 0.1) is 5.70 Å². The highest BCUT2D eigenvalue weighted by Crippen LogP contribution is 2.41. The van der Waals surface area contributed by atoms with Crippen LogP contribution in [0.1, 0.15) is 39.5 Å². The van der Waals surface area contributed by atoms with Crippen LogP contribution in [0.15, 0.2) is 11.4 Å². The van der Waals surface area contributed by atoms with Gasteiger partial charge in [-0.2, -0.15) is 0 Å². The van der Waals surface area contributed by atoms with E-state index in [9.17, 15) is 10.4 Å². The number of hydrogen-bond acceptors (Lipinski definition) is 4. The molecule has 0 spiro atoms. The molecular weight excluding hydrogens is 168 g/mol. The molecule has 13 heavy (non-hydrogen) atoms. The molecule has 0 atom stereocenters. The molecule has 2 rings (SSSR count). The Morgan fingerprint density at radius 2 is 1.77 bits per heavy atom. The van der Waals surface area contributed by atoms with Gasteiger partial charge in [0.2, 0.25) is 0 Å². The largest absolute Gasteiger partial charge is 0.757 e. The number of nitrogens with zero attached hydrogens (tertiary/aromatic N) is 2. The highest BCUT2D eigenvalue weighted by atomic mass is 16.6. The van der Waals surface area contributed by atoms with Crippen molar-refractivity contribution in [1.29, 1.82) is 0 Å². The molecule has 1 heterocycles. The van der Waals surface area contributed by atoms with Gasteiger partial charge >= 0.3 is 0 Å². The van der Waals surface area contributed by atoms with Crippen molar-refractivity contribution < 1.29 is 5.21 Å². The highest BCUT2D eigenvalue weighted by Gasteiger charge is 2.39. The molecule has 1 aliphatic carbocycles. The number of hydroxylamine groups is 4. The third-order valence-corrected chi connectivity index (χ3v) is 2.93. The fraction of sp³-hybridized carbons (Fsp3) is 0.778. The molecule has 1 aliphatic heterocycles. The van der Waals surface area contributed by atoms with Gasteiger partial charge in [0.1, 0.15) is 5.66 Å². The van der Waals surface area contributed by atoms with Gasteiger partial charge in [0.15, 0.2) is 0 Å². The molecule has 0 aromatic rings. The molecule has 0 aromatic heterocycles. The minimum atomic E-state index is -0.811. The zero-order valence-electron chi connectivity index (χ0n) is 8.08. The van der Waals surface area contributed by atoms with E-state index in [4.69, 9.17) is 0 Å². The van der Waals surface area contributed by atoms with Crippen LogP contribution in [0.4, 0.5) is 0 Å². The van der Waals surface area contributed by atoms with E-state index >= 15 is 0 Å². The fourth-order valence-corrected chi connectivity index (χ4v) is 2.07. The van der Waals surface area contributed by atoms with Crippen molar-refractivity contribution in [2.75, 3.05) is 0 Å². The van der Waals surface area contributed by atoms with Crippen molar-refractivity contribution >= 4 is 0 Å². The lowest BCUT2D eigenvalue weighted by molar-refractivity contribution is -0.152. The third kappa shape index (κ3) is 1.05. The van der Waals surface area contributed by atoms with E-state index in [2.05, 4.69) is 0 Å². The molecule has 4 nitrogen and oxygen atoms in total. The lowest BCUT2D eigenvalue weighted by Crippen LogP contribution is -2.45. The first-order chi connectivity index (χ1) is 6.05. The smallest absolute Gasteiger partial charge is 0.122 e. The van der Waals surface area contributed by atoms with E-state index in [1.54, 1.807) is 13.8 Å². The second-order valence-corrected chi connectivity index (χ2v) is 4.20. The van der Waals surface area contributed by atoms with Crippen molar-refractivity contribution in [2.24, 2.45) is 0 Å². The first-order valence-electron chi connectivity index (χ1n) is 4.73. The molecule has 0 unspecified atom stereocenters. The van der Waals surface area contributed by atoms with E-state index in [0.29, 0.717) is 0 Å². The maximum absolute atomic E-state index is 11.7. The molecule has 4 heteroatoms. The van der Waals surface area contributed by atoms with E-state index in [-0.39, 0.29) is 0 Å². The van der Waals surface area contributed by atoms with Crippen LogP contribution >= 0.6 is 0 Å². The summed E-state index contributed by atoms with van der Waals surface area (Å²) >= 11 is 0. The molecule has 0 saturated carbocycles. The molecule has 0 saturated heterocycles. The van der Waals surface area contributed by atoms with Crippen molar-refractivity contribution in [1.82, 2.24) is 10.1 Å². The predicted molar refractivity (Wildman–Crippen MR) is 48.4 cm³/mol. The van der Waals surface area contributed by atoms with Crippen LogP contribution < -0.4 is 0 Å². The normalized spacial score (nSPS) is 26.8. The van der Waals surface area contributed by atoms with Crippen LogP contribution in [0.5, 0.6) is 0 Å². The lowest BCUT2D eigenvalue weighted by atomic mass is 10.0. The summed E-state index contributed by atoms with van der Waals surface area (Å²) in [5.41, 5.74) is 0.791. The molecule has 0 fully saturated rings. The summed E-state index contributed by atoms with van der Waals surface area (Å²) in [7, 11) is 0. The summed E-state index contributed by atoms with van der Waals surface area (Å²) < 4.78 is 0. The SMILES string of the molecule is CC1(C)N([O-])C2=C(CCCC2)N1O. The Labute approximate surface area is 78.0 Å². The summed E-state index contributed by atoms with van der Waals surface area (Å²) in [5.74, 6) is 0. The maximum atomic E-state index is 11.7. The van der Waals surface area contributed by atoms with Gasteiger partial charge in [-0.1, -0.05) is 0 Å². The molecular formula is C9H15N2O2-. The Hall–Kier alpha value is -0.740. The monoisotopic (exact) mass is 183 g/mol. The number of rotatable bonds is 0. The Bertz CT molecular complexity index is 236. The summed E-state index contributed by atoms with van der Waals surface area (Å²) in [6, 6.07) is 0. The van der Waals surface area contributed by atoms with E-state index in [0.717, 1.165) is 47.2 Å². The van der Waals surface area contributed by atoms with Crippen LogP contribution in [-0.2, 0) is 0 Å². The van der Waals surface area contributed by atoms with Crippen LogP contribution in [0, 0.1) is 5.21 Å². The van der Waals surface area contributed by atoms with Crippen LogP contribution in [-0.4, -0.2) is 21.0 Å². The zero-order chi connectivity index (χ0) is 9.64. The predicted octanol–water partition coefficient (Wildman–Crippen LogP) is 2.01. The van der Waals surface area contributed by atoms with Crippen LogP contribution in [0.2, 0.25) is 0 Å². The topological polar surface area (TPSA) is 49.8 Å². The molecule has 0 aromatic carbocycles. The molecule has 74 valence electrons. The average Bonchev–Trinajstić information content (AvgIpc) is 2.30. The quantitative estimate of drug-likeness (QED) is 0.624. The van der Waals surface area contributed by atoms with Crippen molar-refractivity contribution in [3.8, 4) is 0 Å². The van der Waals surface area contributed by atoms with E-state index in [1.807, 2.05) is 0 Å². The van der Waals surface area contributed by atoms with Gasteiger partial charge in [-0.3, -0.25) is 5.21 Å². The Kier molecular flexibility index (Phi) is 1.78. The molecule has 0 bridgehead atoms. The highest BCUT2D eigenvalue weighted by molar-refractivity contribution is 5.23.